The highest BCUT2D eigenvalue weighted by Crippen LogP contribution is 2.51. The van der Waals surface area contributed by atoms with Crippen LogP contribution in [-0.4, -0.2) is 31.2 Å². The number of carbonyl (C=O) groups excluding carboxylic acids is 1. The van der Waals surface area contributed by atoms with Crippen molar-refractivity contribution in [2.75, 3.05) is 11.9 Å². The maximum atomic E-state index is 13.1. The minimum absolute atomic E-state index is 0.0996. The lowest BCUT2D eigenvalue weighted by molar-refractivity contribution is -0.119. The van der Waals surface area contributed by atoms with Crippen molar-refractivity contribution >= 4 is 33.2 Å². The van der Waals surface area contributed by atoms with Gasteiger partial charge in [-0.15, -0.1) is 0 Å². The smallest absolute Gasteiger partial charge is 0.243 e. The summed E-state index contributed by atoms with van der Waals surface area (Å²) in [5.41, 5.74) is 1.60. The van der Waals surface area contributed by atoms with Crippen molar-refractivity contribution < 1.29 is 13.2 Å². The molecule has 7 heteroatoms. The molecule has 5 nitrogen and oxygen atoms in total. The number of hydrogen-bond donors (Lipinski definition) is 1. The van der Waals surface area contributed by atoms with Gasteiger partial charge in [-0.05, 0) is 61.6 Å². The number of fused-ring (bicyclic) bond motifs is 1. The van der Waals surface area contributed by atoms with Crippen molar-refractivity contribution in [2.24, 2.45) is 11.8 Å². The number of sulfonamides is 1. The summed E-state index contributed by atoms with van der Waals surface area (Å²) in [6.07, 6.45) is 0.901. The number of aryl methyl sites for hydroxylation is 1. The van der Waals surface area contributed by atoms with Crippen LogP contribution in [0.4, 0.5) is 5.69 Å². The highest BCUT2D eigenvalue weighted by molar-refractivity contribution is 7.89. The topological polar surface area (TPSA) is 66.5 Å². The quantitative estimate of drug-likeness (QED) is 0.871. The Morgan fingerprint density at radius 3 is 2.42 bits per heavy atom. The van der Waals surface area contributed by atoms with E-state index in [2.05, 4.69) is 5.32 Å². The molecule has 1 heterocycles. The molecule has 4 rings (SSSR count). The van der Waals surface area contributed by atoms with Gasteiger partial charge in [-0.1, -0.05) is 29.3 Å². The largest absolute Gasteiger partial charge is 0.325 e. The van der Waals surface area contributed by atoms with Crippen LogP contribution in [0.5, 0.6) is 0 Å². The number of halogens is 1. The average Bonchev–Trinajstić information content (AvgIpc) is 3.26. The second-order valence-corrected chi connectivity index (χ2v) is 9.32. The fourth-order valence-corrected chi connectivity index (χ4v) is 5.41. The molecule has 1 N–H and O–H groups in total. The van der Waals surface area contributed by atoms with Crippen LogP contribution in [0.1, 0.15) is 12.0 Å². The summed E-state index contributed by atoms with van der Waals surface area (Å²) < 4.78 is 27.5. The van der Waals surface area contributed by atoms with Gasteiger partial charge in [-0.2, -0.15) is 4.31 Å². The molecule has 1 aliphatic carbocycles. The molecular formula is C19H19ClN2O3S. The number of piperidine rings is 1. The predicted octanol–water partition coefficient (Wildman–Crippen LogP) is 3.30. The Kier molecular flexibility index (Phi) is 4.29. The molecular weight excluding hydrogens is 372 g/mol. The number of amides is 1. The van der Waals surface area contributed by atoms with E-state index >= 15 is 0 Å². The fraction of sp³-hybridized carbons (Fsp3) is 0.316. The Morgan fingerprint density at radius 1 is 1.12 bits per heavy atom. The van der Waals surface area contributed by atoms with E-state index in [1.807, 2.05) is 6.92 Å². The number of benzene rings is 2. The zero-order valence-electron chi connectivity index (χ0n) is 14.2. The molecule has 0 bridgehead atoms. The number of hydrogen-bond acceptors (Lipinski definition) is 3. The Labute approximate surface area is 158 Å². The first-order valence-corrected chi connectivity index (χ1v) is 10.3. The van der Waals surface area contributed by atoms with E-state index < -0.39 is 16.1 Å². The zero-order chi connectivity index (χ0) is 18.5. The van der Waals surface area contributed by atoms with E-state index in [1.54, 1.807) is 48.5 Å². The van der Waals surface area contributed by atoms with Gasteiger partial charge in [-0.3, -0.25) is 4.79 Å². The van der Waals surface area contributed by atoms with Gasteiger partial charge in [0.2, 0.25) is 15.9 Å². The van der Waals surface area contributed by atoms with Crippen molar-refractivity contribution in [1.82, 2.24) is 4.31 Å². The van der Waals surface area contributed by atoms with Crippen LogP contribution in [0.15, 0.2) is 53.4 Å². The van der Waals surface area contributed by atoms with Crippen molar-refractivity contribution in [2.45, 2.75) is 24.3 Å². The fourth-order valence-electron chi connectivity index (χ4n) is 3.59. The molecule has 2 aromatic rings. The number of carbonyl (C=O) groups is 1. The summed E-state index contributed by atoms with van der Waals surface area (Å²) in [5.74, 6) is 0.0896. The Balaban J connectivity index is 1.59. The lowest BCUT2D eigenvalue weighted by Gasteiger charge is -2.26. The molecule has 3 atom stereocenters. The Morgan fingerprint density at radius 2 is 1.77 bits per heavy atom. The van der Waals surface area contributed by atoms with E-state index in [0.717, 1.165) is 12.0 Å². The van der Waals surface area contributed by atoms with Crippen molar-refractivity contribution in [1.29, 1.82) is 0 Å². The van der Waals surface area contributed by atoms with E-state index in [1.165, 1.54) is 4.31 Å². The van der Waals surface area contributed by atoms with Crippen molar-refractivity contribution in [3.63, 3.8) is 0 Å². The molecule has 1 amide bonds. The third-order valence-corrected chi connectivity index (χ3v) is 7.23. The van der Waals surface area contributed by atoms with E-state index in [4.69, 9.17) is 11.6 Å². The molecule has 1 aliphatic heterocycles. The third kappa shape index (κ3) is 3.13. The molecule has 0 aromatic heterocycles. The molecule has 0 radical (unpaired) electrons. The van der Waals surface area contributed by atoms with Gasteiger partial charge in [0.25, 0.3) is 0 Å². The number of anilines is 1. The van der Waals surface area contributed by atoms with Crippen LogP contribution in [-0.2, 0) is 14.8 Å². The number of rotatable bonds is 4. The minimum Gasteiger partial charge on any atom is -0.325 e. The summed E-state index contributed by atoms with van der Waals surface area (Å²) in [5, 5.41) is 3.41. The zero-order valence-corrected chi connectivity index (χ0v) is 15.8. The summed E-state index contributed by atoms with van der Waals surface area (Å²) in [6, 6.07) is 12.9. The van der Waals surface area contributed by atoms with Gasteiger partial charge in [0.15, 0.2) is 0 Å². The maximum Gasteiger partial charge on any atom is 0.243 e. The molecule has 0 spiro atoms. The van der Waals surface area contributed by atoms with Crippen molar-refractivity contribution in [3.05, 3.63) is 59.1 Å². The van der Waals surface area contributed by atoms with Gasteiger partial charge in [-0.25, -0.2) is 8.42 Å². The molecule has 0 unspecified atom stereocenters. The standard InChI is InChI=1S/C19H19ClN2O3S/c1-12-2-8-16(9-3-12)26(24,25)22-11-13-10-17(13)18(22)19(23)21-15-6-4-14(20)5-7-15/h2-9,13,17-18H,10-11H2,1H3,(H,21,23)/t13-,17+,18-/m0/s1. The van der Waals surface area contributed by atoms with Gasteiger partial charge >= 0.3 is 0 Å². The van der Waals surface area contributed by atoms with Crippen LogP contribution in [0, 0.1) is 18.8 Å². The lowest BCUT2D eigenvalue weighted by Crippen LogP contribution is -2.45. The first-order valence-electron chi connectivity index (χ1n) is 8.51. The van der Waals surface area contributed by atoms with Crippen LogP contribution in [0.2, 0.25) is 5.02 Å². The summed E-state index contributed by atoms with van der Waals surface area (Å²) in [6.45, 7) is 2.31. The molecule has 1 saturated heterocycles. The highest BCUT2D eigenvalue weighted by atomic mass is 35.5. The lowest BCUT2D eigenvalue weighted by atomic mass is 10.2. The summed E-state index contributed by atoms with van der Waals surface area (Å²) in [7, 11) is -3.70. The molecule has 26 heavy (non-hydrogen) atoms. The minimum atomic E-state index is -3.70. The first kappa shape index (κ1) is 17.5. The maximum absolute atomic E-state index is 13.1. The van der Waals surface area contributed by atoms with Gasteiger partial charge in [0, 0.05) is 17.3 Å². The number of nitrogens with zero attached hydrogens (tertiary/aromatic N) is 1. The molecule has 136 valence electrons. The van der Waals surface area contributed by atoms with E-state index in [-0.39, 0.29) is 22.6 Å². The van der Waals surface area contributed by atoms with Gasteiger partial charge in [0.05, 0.1) is 4.90 Å². The molecule has 1 saturated carbocycles. The summed E-state index contributed by atoms with van der Waals surface area (Å²) in [4.78, 5) is 13.1. The SMILES string of the molecule is Cc1ccc(S(=O)(=O)N2C[C@@H]3C[C@H]3[C@H]2C(=O)Nc2ccc(Cl)cc2)cc1. The molecule has 2 aliphatic rings. The van der Waals surface area contributed by atoms with Crippen LogP contribution < -0.4 is 5.32 Å². The van der Waals surface area contributed by atoms with Gasteiger partial charge in [0.1, 0.15) is 6.04 Å². The monoisotopic (exact) mass is 390 g/mol. The second kappa shape index (κ2) is 6.37. The van der Waals surface area contributed by atoms with E-state index in [9.17, 15) is 13.2 Å². The first-order chi connectivity index (χ1) is 12.4. The predicted molar refractivity (Wildman–Crippen MR) is 101 cm³/mol. The molecule has 2 aromatic carbocycles. The normalized spacial score (nSPS) is 24.9. The van der Waals surface area contributed by atoms with Crippen LogP contribution >= 0.6 is 11.6 Å². The van der Waals surface area contributed by atoms with Crippen molar-refractivity contribution in [3.8, 4) is 0 Å². The summed E-state index contributed by atoms with van der Waals surface area (Å²) >= 11 is 5.87. The second-order valence-electron chi connectivity index (χ2n) is 6.99. The Hall–Kier alpha value is -1.89. The highest BCUT2D eigenvalue weighted by Gasteiger charge is 2.58. The average molecular weight is 391 g/mol. The van der Waals surface area contributed by atoms with Crippen LogP contribution in [0.3, 0.4) is 0 Å². The van der Waals surface area contributed by atoms with E-state index in [0.29, 0.717) is 17.3 Å². The van der Waals surface area contributed by atoms with Crippen LogP contribution in [0.25, 0.3) is 0 Å². The van der Waals surface area contributed by atoms with Gasteiger partial charge < -0.3 is 5.32 Å². The third-order valence-electron chi connectivity index (χ3n) is 5.12. The molecule has 2 fully saturated rings. The Bertz CT molecular complexity index is 942. The number of nitrogens with one attached hydrogen (secondary N) is 1.